The highest BCUT2D eigenvalue weighted by Crippen LogP contribution is 2.10. The van der Waals surface area contributed by atoms with Crippen LogP contribution in [0.5, 0.6) is 0 Å². The second-order valence-electron chi connectivity index (χ2n) is 4.87. The first kappa shape index (κ1) is 11.4. The number of rotatable bonds is 2. The van der Waals surface area contributed by atoms with E-state index in [0.29, 0.717) is 12.6 Å². The number of nitrogens with zero attached hydrogens (tertiary/aromatic N) is 2. The van der Waals surface area contributed by atoms with Gasteiger partial charge in [0, 0.05) is 11.4 Å². The highest BCUT2D eigenvalue weighted by Gasteiger charge is 2.14. The fraction of sp³-hybridized carbons (Fsp3) is 0.429. The first-order valence-corrected chi connectivity index (χ1v) is 6.53. The minimum absolute atomic E-state index is 0.0143. The van der Waals surface area contributed by atoms with Crippen LogP contribution in [0, 0.1) is 0 Å². The van der Waals surface area contributed by atoms with Gasteiger partial charge in [-0.15, -0.1) is 0 Å². The van der Waals surface area contributed by atoms with Crippen LogP contribution in [0.25, 0.3) is 10.8 Å². The normalized spacial score (nSPS) is 20.1. The summed E-state index contributed by atoms with van der Waals surface area (Å²) in [6.45, 7) is 1.72. The molecule has 2 heterocycles. The Balaban J connectivity index is 1.92. The van der Waals surface area contributed by atoms with Gasteiger partial charge < -0.3 is 5.32 Å². The van der Waals surface area contributed by atoms with Crippen molar-refractivity contribution in [2.24, 2.45) is 0 Å². The third-order valence-corrected chi connectivity index (χ3v) is 3.57. The molecule has 1 aromatic heterocycles. The summed E-state index contributed by atoms with van der Waals surface area (Å²) in [4.78, 5) is 12.3. The van der Waals surface area contributed by atoms with Gasteiger partial charge in [0.15, 0.2) is 0 Å². The predicted molar refractivity (Wildman–Crippen MR) is 71.6 cm³/mol. The summed E-state index contributed by atoms with van der Waals surface area (Å²) in [5, 5.41) is 9.37. The van der Waals surface area contributed by atoms with E-state index in [1.54, 1.807) is 10.9 Å². The smallest absolute Gasteiger partial charge is 0.274 e. The molecule has 1 unspecified atom stereocenters. The Hall–Kier alpha value is -1.68. The summed E-state index contributed by atoms with van der Waals surface area (Å²) in [5.41, 5.74) is 0.0143. The molecule has 0 bridgehead atoms. The van der Waals surface area contributed by atoms with Crippen molar-refractivity contribution in [1.82, 2.24) is 15.1 Å². The van der Waals surface area contributed by atoms with Crippen molar-refractivity contribution in [2.75, 3.05) is 6.54 Å². The van der Waals surface area contributed by atoms with E-state index < -0.39 is 0 Å². The fourth-order valence-electron chi connectivity index (χ4n) is 2.55. The molecule has 4 nitrogen and oxygen atoms in total. The molecule has 0 saturated carbocycles. The molecule has 1 N–H and O–H groups in total. The SMILES string of the molecule is O=c1c2ccccc2cnn1CC1CCCCN1. The Morgan fingerprint density at radius 2 is 2.22 bits per heavy atom. The van der Waals surface area contributed by atoms with Crippen molar-refractivity contribution in [3.63, 3.8) is 0 Å². The van der Waals surface area contributed by atoms with Crippen LogP contribution in [0.3, 0.4) is 0 Å². The van der Waals surface area contributed by atoms with Crippen LogP contribution in [0.15, 0.2) is 35.3 Å². The van der Waals surface area contributed by atoms with Gasteiger partial charge in [-0.25, -0.2) is 4.68 Å². The lowest BCUT2D eigenvalue weighted by atomic mass is 10.1. The summed E-state index contributed by atoms with van der Waals surface area (Å²) >= 11 is 0. The number of benzene rings is 1. The lowest BCUT2D eigenvalue weighted by Gasteiger charge is -2.23. The monoisotopic (exact) mass is 243 g/mol. The van der Waals surface area contributed by atoms with Crippen LogP contribution < -0.4 is 10.9 Å². The topological polar surface area (TPSA) is 46.9 Å². The Kier molecular flexibility index (Phi) is 3.11. The third kappa shape index (κ3) is 2.16. The fourth-order valence-corrected chi connectivity index (χ4v) is 2.55. The molecule has 0 radical (unpaired) electrons. The molecule has 1 aromatic carbocycles. The molecule has 1 atom stereocenters. The molecule has 0 spiro atoms. The lowest BCUT2D eigenvalue weighted by molar-refractivity contribution is 0.346. The van der Waals surface area contributed by atoms with Crippen LogP contribution >= 0.6 is 0 Å². The van der Waals surface area contributed by atoms with Crippen LogP contribution in [0.4, 0.5) is 0 Å². The molecule has 2 aromatic rings. The van der Waals surface area contributed by atoms with Gasteiger partial charge in [-0.3, -0.25) is 4.79 Å². The molecule has 18 heavy (non-hydrogen) atoms. The highest BCUT2D eigenvalue weighted by atomic mass is 16.1. The van der Waals surface area contributed by atoms with E-state index in [1.165, 1.54) is 12.8 Å². The number of fused-ring (bicyclic) bond motifs is 1. The van der Waals surface area contributed by atoms with E-state index in [9.17, 15) is 4.79 Å². The average molecular weight is 243 g/mol. The third-order valence-electron chi connectivity index (χ3n) is 3.57. The first-order chi connectivity index (χ1) is 8.84. The summed E-state index contributed by atoms with van der Waals surface area (Å²) in [6, 6.07) is 7.99. The largest absolute Gasteiger partial charge is 0.312 e. The summed E-state index contributed by atoms with van der Waals surface area (Å²) < 4.78 is 1.59. The van der Waals surface area contributed by atoms with Gasteiger partial charge in [0.25, 0.3) is 5.56 Å². The minimum atomic E-state index is 0.0143. The number of hydrogen-bond acceptors (Lipinski definition) is 3. The van der Waals surface area contributed by atoms with Crippen LogP contribution in [-0.4, -0.2) is 22.4 Å². The maximum Gasteiger partial charge on any atom is 0.274 e. The molecule has 3 rings (SSSR count). The van der Waals surface area contributed by atoms with Gasteiger partial charge in [-0.05, 0) is 25.5 Å². The number of piperidine rings is 1. The van der Waals surface area contributed by atoms with Gasteiger partial charge in [0.05, 0.1) is 18.1 Å². The Morgan fingerprint density at radius 1 is 1.33 bits per heavy atom. The standard InChI is InChI=1S/C14H17N3O/c18-14-13-7-2-1-5-11(13)9-16-17(14)10-12-6-3-4-8-15-12/h1-2,5,7,9,12,15H,3-4,6,8,10H2. The number of aromatic nitrogens is 2. The van der Waals surface area contributed by atoms with E-state index >= 15 is 0 Å². The first-order valence-electron chi connectivity index (χ1n) is 6.53. The Labute approximate surface area is 106 Å². The average Bonchev–Trinajstić information content (AvgIpc) is 2.43. The Morgan fingerprint density at radius 3 is 3.06 bits per heavy atom. The second-order valence-corrected chi connectivity index (χ2v) is 4.87. The molecule has 94 valence electrons. The molecule has 1 saturated heterocycles. The van der Waals surface area contributed by atoms with Crippen molar-refractivity contribution in [3.8, 4) is 0 Å². The van der Waals surface area contributed by atoms with Crippen molar-refractivity contribution >= 4 is 10.8 Å². The zero-order valence-corrected chi connectivity index (χ0v) is 10.3. The molecule has 0 aliphatic carbocycles. The summed E-state index contributed by atoms with van der Waals surface area (Å²) in [5.74, 6) is 0. The van der Waals surface area contributed by atoms with Gasteiger partial charge in [-0.1, -0.05) is 24.6 Å². The van der Waals surface area contributed by atoms with E-state index in [-0.39, 0.29) is 5.56 Å². The van der Waals surface area contributed by atoms with Crippen LogP contribution in [0.1, 0.15) is 19.3 Å². The summed E-state index contributed by atoms with van der Waals surface area (Å²) in [7, 11) is 0. The van der Waals surface area contributed by atoms with E-state index in [0.717, 1.165) is 23.7 Å². The van der Waals surface area contributed by atoms with E-state index in [1.807, 2.05) is 24.3 Å². The quantitative estimate of drug-likeness (QED) is 0.870. The Bertz CT molecular complexity index is 599. The zero-order valence-electron chi connectivity index (χ0n) is 10.3. The molecule has 1 aliphatic rings. The molecular weight excluding hydrogens is 226 g/mol. The molecule has 1 aliphatic heterocycles. The number of nitrogens with one attached hydrogen (secondary N) is 1. The summed E-state index contributed by atoms with van der Waals surface area (Å²) in [6.07, 6.45) is 5.37. The van der Waals surface area contributed by atoms with Gasteiger partial charge in [0.2, 0.25) is 0 Å². The highest BCUT2D eigenvalue weighted by molar-refractivity contribution is 5.80. The molecule has 1 fully saturated rings. The van der Waals surface area contributed by atoms with Crippen molar-refractivity contribution < 1.29 is 0 Å². The molecule has 0 amide bonds. The van der Waals surface area contributed by atoms with Crippen molar-refractivity contribution in [1.29, 1.82) is 0 Å². The minimum Gasteiger partial charge on any atom is -0.312 e. The maximum atomic E-state index is 12.3. The van der Waals surface area contributed by atoms with E-state index in [2.05, 4.69) is 10.4 Å². The van der Waals surface area contributed by atoms with Crippen molar-refractivity contribution in [2.45, 2.75) is 31.8 Å². The van der Waals surface area contributed by atoms with Crippen molar-refractivity contribution in [3.05, 3.63) is 40.8 Å². The van der Waals surface area contributed by atoms with Gasteiger partial charge in [0.1, 0.15) is 0 Å². The second kappa shape index (κ2) is 4.90. The van der Waals surface area contributed by atoms with E-state index in [4.69, 9.17) is 0 Å². The molecule has 4 heteroatoms. The zero-order chi connectivity index (χ0) is 12.4. The predicted octanol–water partition coefficient (Wildman–Crippen LogP) is 1.54. The maximum absolute atomic E-state index is 12.3. The van der Waals surface area contributed by atoms with Gasteiger partial charge >= 0.3 is 0 Å². The van der Waals surface area contributed by atoms with Gasteiger partial charge in [-0.2, -0.15) is 5.10 Å². The lowest BCUT2D eigenvalue weighted by Crippen LogP contribution is -2.40. The molecular formula is C14H17N3O. The van der Waals surface area contributed by atoms with Crippen LogP contribution in [0.2, 0.25) is 0 Å². The number of hydrogen-bond donors (Lipinski definition) is 1. The van der Waals surface area contributed by atoms with Crippen LogP contribution in [-0.2, 0) is 6.54 Å².